The molecule has 4 heteroatoms. The summed E-state index contributed by atoms with van der Waals surface area (Å²) >= 11 is 0. The molecule has 1 heterocycles. The molecule has 0 bridgehead atoms. The quantitative estimate of drug-likeness (QED) is 0.617. The van der Waals surface area contributed by atoms with Crippen LogP contribution < -0.4 is 0 Å². The maximum atomic E-state index is 3.89. The molecule has 0 saturated carbocycles. The van der Waals surface area contributed by atoms with Crippen molar-refractivity contribution >= 4 is 0 Å². The second kappa shape index (κ2) is 2.73. The third-order valence-electron chi connectivity index (χ3n) is 1.51. The Hall–Kier alpha value is -1.71. The Morgan fingerprint density at radius 1 is 1.50 bits per heavy atom. The molecule has 0 atom stereocenters. The van der Waals surface area contributed by atoms with Gasteiger partial charge in [-0.3, -0.25) is 0 Å². The molecule has 59 valence electrons. The lowest BCUT2D eigenvalue weighted by molar-refractivity contribution is 0.718. The van der Waals surface area contributed by atoms with Crippen molar-refractivity contribution < 1.29 is 0 Å². The summed E-state index contributed by atoms with van der Waals surface area (Å²) in [6, 6.07) is 8.77. The van der Waals surface area contributed by atoms with Gasteiger partial charge in [0, 0.05) is 6.07 Å². The minimum absolute atomic E-state index is 0.813. The lowest BCUT2D eigenvalue weighted by Crippen LogP contribution is -1.98. The standard InChI is InChI=1S/C8H7N4/c1-7-3-2-4-8(5-7)12-10-6-9-11-12/h2-3,5-6H,1H3. The predicted molar refractivity (Wildman–Crippen MR) is 42.7 cm³/mol. The van der Waals surface area contributed by atoms with Crippen LogP contribution in [0.4, 0.5) is 0 Å². The second-order valence-electron chi connectivity index (χ2n) is 2.48. The molecule has 0 fully saturated rings. The molecule has 0 aliphatic rings. The van der Waals surface area contributed by atoms with Gasteiger partial charge in [-0.05, 0) is 23.8 Å². The van der Waals surface area contributed by atoms with Gasteiger partial charge >= 0.3 is 0 Å². The van der Waals surface area contributed by atoms with E-state index in [0.717, 1.165) is 11.3 Å². The van der Waals surface area contributed by atoms with Gasteiger partial charge in [-0.25, -0.2) is 0 Å². The van der Waals surface area contributed by atoms with Crippen LogP contribution in [0.1, 0.15) is 5.56 Å². The zero-order chi connectivity index (χ0) is 8.39. The Kier molecular flexibility index (Phi) is 1.59. The van der Waals surface area contributed by atoms with E-state index in [4.69, 9.17) is 0 Å². The van der Waals surface area contributed by atoms with E-state index in [0.29, 0.717) is 0 Å². The average molecular weight is 159 g/mol. The first kappa shape index (κ1) is 6.97. The molecule has 0 saturated heterocycles. The normalized spacial score (nSPS) is 10.1. The molecular weight excluding hydrogens is 152 g/mol. The smallest absolute Gasteiger partial charge is 0.135 e. The van der Waals surface area contributed by atoms with E-state index >= 15 is 0 Å². The maximum Gasteiger partial charge on any atom is 0.162 e. The number of nitrogens with zero attached hydrogens (tertiary/aromatic N) is 4. The number of aromatic nitrogens is 4. The Bertz CT molecular complexity index is 366. The third kappa shape index (κ3) is 1.18. The number of hydrogen-bond donors (Lipinski definition) is 0. The first-order valence-corrected chi connectivity index (χ1v) is 3.58. The summed E-state index contributed by atoms with van der Waals surface area (Å²) in [6.45, 7) is 2.01. The molecule has 1 aromatic heterocycles. The third-order valence-corrected chi connectivity index (χ3v) is 1.51. The first-order chi connectivity index (χ1) is 5.86. The molecule has 12 heavy (non-hydrogen) atoms. The number of benzene rings is 1. The molecule has 0 aliphatic carbocycles. The molecule has 0 amide bonds. The summed E-state index contributed by atoms with van der Waals surface area (Å²) < 4.78 is 0. The fourth-order valence-corrected chi connectivity index (χ4v) is 0.957. The van der Waals surface area contributed by atoms with E-state index in [1.807, 2.05) is 25.1 Å². The molecule has 1 radical (unpaired) electrons. The lowest BCUT2D eigenvalue weighted by Gasteiger charge is -1.97. The zero-order valence-electron chi connectivity index (χ0n) is 6.60. The van der Waals surface area contributed by atoms with Crippen molar-refractivity contribution in [2.24, 2.45) is 0 Å². The fraction of sp³-hybridized carbons (Fsp3) is 0.125. The lowest BCUT2D eigenvalue weighted by atomic mass is 10.2. The SMILES string of the molecule is Cc1cc[c]c(-n2ncnn2)c1. The van der Waals surface area contributed by atoms with Crippen molar-refractivity contribution in [1.29, 1.82) is 0 Å². The van der Waals surface area contributed by atoms with Crippen molar-refractivity contribution in [3.8, 4) is 5.69 Å². The summed E-state index contributed by atoms with van der Waals surface area (Å²) in [7, 11) is 0. The highest BCUT2D eigenvalue weighted by atomic mass is 15.6. The molecular formula is C8H7N4. The largest absolute Gasteiger partial charge is 0.162 e. The van der Waals surface area contributed by atoms with Gasteiger partial charge in [0.1, 0.15) is 0 Å². The highest BCUT2D eigenvalue weighted by Gasteiger charge is 1.96. The van der Waals surface area contributed by atoms with Crippen LogP contribution in [0.2, 0.25) is 0 Å². The molecule has 0 aliphatic heterocycles. The number of tetrazole rings is 1. The minimum Gasteiger partial charge on any atom is -0.135 e. The Balaban J connectivity index is 2.48. The van der Waals surface area contributed by atoms with Crippen LogP contribution in [0.3, 0.4) is 0 Å². The highest BCUT2D eigenvalue weighted by molar-refractivity contribution is 5.31. The van der Waals surface area contributed by atoms with E-state index in [2.05, 4.69) is 21.5 Å². The van der Waals surface area contributed by atoms with E-state index < -0.39 is 0 Å². The van der Waals surface area contributed by atoms with Gasteiger partial charge in [-0.15, -0.1) is 15.0 Å². The molecule has 0 spiro atoms. The summed E-state index contributed by atoms with van der Waals surface area (Å²) in [5.74, 6) is 0. The number of rotatable bonds is 1. The van der Waals surface area contributed by atoms with Gasteiger partial charge in [0.05, 0.1) is 5.69 Å². The topological polar surface area (TPSA) is 43.6 Å². The van der Waals surface area contributed by atoms with Crippen molar-refractivity contribution in [2.45, 2.75) is 6.92 Å². The zero-order valence-corrected chi connectivity index (χ0v) is 6.60. The van der Waals surface area contributed by atoms with Gasteiger partial charge in [0.25, 0.3) is 0 Å². The Labute approximate surface area is 69.8 Å². The van der Waals surface area contributed by atoms with Crippen molar-refractivity contribution in [1.82, 2.24) is 20.2 Å². The van der Waals surface area contributed by atoms with Gasteiger partial charge < -0.3 is 0 Å². The monoisotopic (exact) mass is 159 g/mol. The molecule has 2 rings (SSSR count). The minimum atomic E-state index is 0.813. The Morgan fingerprint density at radius 2 is 2.42 bits per heavy atom. The van der Waals surface area contributed by atoms with Crippen LogP contribution in [-0.2, 0) is 0 Å². The summed E-state index contributed by atoms with van der Waals surface area (Å²) in [6.07, 6.45) is 1.40. The molecule has 1 aromatic carbocycles. The van der Waals surface area contributed by atoms with E-state index in [-0.39, 0.29) is 0 Å². The van der Waals surface area contributed by atoms with Crippen LogP contribution in [0.15, 0.2) is 24.5 Å². The maximum absolute atomic E-state index is 3.89. The molecule has 2 aromatic rings. The predicted octanol–water partition coefficient (Wildman–Crippen LogP) is 0.771. The van der Waals surface area contributed by atoms with Gasteiger partial charge in [-0.2, -0.15) is 0 Å². The van der Waals surface area contributed by atoms with E-state index in [9.17, 15) is 0 Å². The molecule has 0 N–H and O–H groups in total. The van der Waals surface area contributed by atoms with Crippen LogP contribution in [0, 0.1) is 13.0 Å². The fourth-order valence-electron chi connectivity index (χ4n) is 0.957. The van der Waals surface area contributed by atoms with E-state index in [1.54, 1.807) is 0 Å². The highest BCUT2D eigenvalue weighted by Crippen LogP contribution is 2.04. The van der Waals surface area contributed by atoms with Gasteiger partial charge in [0.15, 0.2) is 6.33 Å². The average Bonchev–Trinajstić information content (AvgIpc) is 2.56. The molecule has 4 nitrogen and oxygen atoms in total. The number of hydrogen-bond acceptors (Lipinski definition) is 3. The van der Waals surface area contributed by atoms with Gasteiger partial charge in [-0.1, -0.05) is 12.1 Å². The van der Waals surface area contributed by atoms with Crippen LogP contribution in [0.25, 0.3) is 5.69 Å². The molecule has 0 unspecified atom stereocenters. The van der Waals surface area contributed by atoms with E-state index in [1.165, 1.54) is 11.1 Å². The van der Waals surface area contributed by atoms with Crippen molar-refractivity contribution in [2.75, 3.05) is 0 Å². The summed E-state index contributed by atoms with van der Waals surface area (Å²) in [5.41, 5.74) is 1.97. The van der Waals surface area contributed by atoms with Crippen LogP contribution >= 0.6 is 0 Å². The van der Waals surface area contributed by atoms with Gasteiger partial charge in [0.2, 0.25) is 0 Å². The second-order valence-corrected chi connectivity index (χ2v) is 2.48. The number of aryl methyl sites for hydroxylation is 1. The van der Waals surface area contributed by atoms with Crippen molar-refractivity contribution in [3.05, 3.63) is 36.2 Å². The van der Waals surface area contributed by atoms with Crippen LogP contribution in [0.5, 0.6) is 0 Å². The summed E-state index contributed by atoms with van der Waals surface area (Å²) in [4.78, 5) is 1.44. The van der Waals surface area contributed by atoms with Crippen molar-refractivity contribution in [3.63, 3.8) is 0 Å². The Morgan fingerprint density at radius 3 is 3.08 bits per heavy atom. The van der Waals surface area contributed by atoms with Crippen LogP contribution in [-0.4, -0.2) is 20.2 Å². The summed E-state index contributed by atoms with van der Waals surface area (Å²) in [5, 5.41) is 11.3. The first-order valence-electron chi connectivity index (χ1n) is 3.58.